The highest BCUT2D eigenvalue weighted by molar-refractivity contribution is 14.1. The molecule has 0 aliphatic heterocycles. The third kappa shape index (κ3) is 6.17. The normalized spacial score (nSPS) is 12.0. The summed E-state index contributed by atoms with van der Waals surface area (Å²) in [6.07, 6.45) is 0.215. The molecule has 178 valence electrons. The Labute approximate surface area is 217 Å². The van der Waals surface area contributed by atoms with Crippen molar-refractivity contribution in [3.05, 3.63) is 105 Å². The molecule has 0 radical (unpaired) electrons. The van der Waals surface area contributed by atoms with Gasteiger partial charge in [0.15, 0.2) is 17.6 Å². The lowest BCUT2D eigenvalue weighted by atomic mass is 10.1. The van der Waals surface area contributed by atoms with Gasteiger partial charge in [-0.25, -0.2) is 5.43 Å². The number of hydrazone groups is 1. The Morgan fingerprint density at radius 2 is 1.77 bits per heavy atom. The average Bonchev–Trinajstić information content (AvgIpc) is 2.88. The second-order valence-corrected chi connectivity index (χ2v) is 8.90. The monoisotopic (exact) mass is 580 g/mol. The number of carbonyl (C=O) groups is 1. The van der Waals surface area contributed by atoms with Gasteiger partial charge in [-0.2, -0.15) is 5.10 Å². The number of carbonyl (C=O) groups excluding carboxylic acids is 1. The van der Waals surface area contributed by atoms with Gasteiger partial charge in [0.1, 0.15) is 6.61 Å². The molecule has 7 heteroatoms. The minimum atomic E-state index is -1.29. The van der Waals surface area contributed by atoms with Crippen LogP contribution in [0.3, 0.4) is 0 Å². The van der Waals surface area contributed by atoms with Gasteiger partial charge >= 0.3 is 0 Å². The number of benzene rings is 4. The summed E-state index contributed by atoms with van der Waals surface area (Å²) in [6.45, 7) is 2.78. The van der Waals surface area contributed by atoms with Gasteiger partial charge in [-0.15, -0.1) is 0 Å². The van der Waals surface area contributed by atoms with Crippen LogP contribution in [-0.2, 0) is 11.4 Å². The number of aliphatic hydroxyl groups excluding tert-OH is 1. The summed E-state index contributed by atoms with van der Waals surface area (Å²) < 4.78 is 12.9. The summed E-state index contributed by atoms with van der Waals surface area (Å²) in [5.74, 6) is 0.639. The van der Waals surface area contributed by atoms with Crippen LogP contribution < -0.4 is 14.9 Å². The van der Waals surface area contributed by atoms with E-state index in [9.17, 15) is 9.90 Å². The summed E-state index contributed by atoms with van der Waals surface area (Å²) in [5, 5.41) is 16.5. The van der Waals surface area contributed by atoms with Gasteiger partial charge in [0.05, 0.1) is 16.4 Å². The van der Waals surface area contributed by atoms with Crippen molar-refractivity contribution in [1.82, 2.24) is 5.43 Å². The van der Waals surface area contributed by atoms with Gasteiger partial charge < -0.3 is 14.6 Å². The lowest BCUT2D eigenvalue weighted by Gasteiger charge is -2.15. The van der Waals surface area contributed by atoms with Crippen LogP contribution in [0.5, 0.6) is 11.5 Å². The number of hydrogen-bond donors (Lipinski definition) is 2. The molecule has 0 spiro atoms. The van der Waals surface area contributed by atoms with Gasteiger partial charge in [0.25, 0.3) is 5.91 Å². The number of rotatable bonds is 9. The highest BCUT2D eigenvalue weighted by Crippen LogP contribution is 2.35. The average molecular weight is 580 g/mol. The summed E-state index contributed by atoms with van der Waals surface area (Å²) in [4.78, 5) is 12.2. The summed E-state index contributed by atoms with van der Waals surface area (Å²) in [6, 6.07) is 26.8. The molecule has 4 aromatic rings. The summed E-state index contributed by atoms with van der Waals surface area (Å²) >= 11 is 2.20. The quantitative estimate of drug-likeness (QED) is 0.153. The van der Waals surface area contributed by atoms with Crippen LogP contribution in [0.2, 0.25) is 0 Å². The van der Waals surface area contributed by atoms with Crippen LogP contribution in [0.1, 0.15) is 29.7 Å². The van der Waals surface area contributed by atoms with E-state index >= 15 is 0 Å². The Morgan fingerprint density at radius 3 is 2.57 bits per heavy atom. The van der Waals surface area contributed by atoms with E-state index < -0.39 is 12.0 Å². The second kappa shape index (κ2) is 11.8. The van der Waals surface area contributed by atoms with E-state index in [1.54, 1.807) is 24.3 Å². The van der Waals surface area contributed by atoms with Crippen molar-refractivity contribution in [3.8, 4) is 11.5 Å². The molecule has 1 amide bonds. The Hall–Kier alpha value is -3.43. The molecule has 0 bridgehead atoms. The summed E-state index contributed by atoms with van der Waals surface area (Å²) in [5.41, 5.74) is 4.70. The highest BCUT2D eigenvalue weighted by Gasteiger charge is 2.16. The molecule has 0 aliphatic rings. The predicted octanol–water partition coefficient (Wildman–Crippen LogP) is 5.61. The maximum atomic E-state index is 12.2. The van der Waals surface area contributed by atoms with E-state index in [-0.39, 0.29) is 0 Å². The van der Waals surface area contributed by atoms with Crippen molar-refractivity contribution in [2.24, 2.45) is 5.10 Å². The fraction of sp³-hybridized carbons (Fsp3) is 0.143. The zero-order valence-corrected chi connectivity index (χ0v) is 21.3. The Bertz CT molecular complexity index is 1340. The third-order valence-corrected chi connectivity index (χ3v) is 6.14. The maximum Gasteiger partial charge on any atom is 0.273 e. The van der Waals surface area contributed by atoms with Crippen molar-refractivity contribution >= 4 is 45.5 Å². The van der Waals surface area contributed by atoms with Crippen molar-refractivity contribution in [2.45, 2.75) is 19.6 Å². The first kappa shape index (κ1) is 24.7. The fourth-order valence-corrected chi connectivity index (χ4v) is 4.43. The number of fused-ring (bicyclic) bond motifs is 1. The Kier molecular flexibility index (Phi) is 8.33. The zero-order valence-electron chi connectivity index (χ0n) is 19.1. The molecule has 4 aromatic carbocycles. The minimum Gasteiger partial charge on any atom is -0.490 e. The van der Waals surface area contributed by atoms with Crippen molar-refractivity contribution < 1.29 is 19.4 Å². The van der Waals surface area contributed by atoms with Crippen LogP contribution in [0.15, 0.2) is 90.0 Å². The third-order valence-electron chi connectivity index (χ3n) is 5.34. The van der Waals surface area contributed by atoms with Crippen molar-refractivity contribution in [1.29, 1.82) is 0 Å². The second-order valence-electron chi connectivity index (χ2n) is 7.74. The van der Waals surface area contributed by atoms with E-state index in [2.05, 4.69) is 57.4 Å². The lowest BCUT2D eigenvalue weighted by molar-refractivity contribution is -0.129. The topological polar surface area (TPSA) is 80.2 Å². The van der Waals surface area contributed by atoms with E-state index in [0.717, 1.165) is 20.1 Å². The maximum absolute atomic E-state index is 12.2. The first-order valence-corrected chi connectivity index (χ1v) is 12.3. The van der Waals surface area contributed by atoms with Gasteiger partial charge in [0, 0.05) is 0 Å². The highest BCUT2D eigenvalue weighted by atomic mass is 127. The van der Waals surface area contributed by atoms with Gasteiger partial charge in [-0.3, -0.25) is 4.79 Å². The Morgan fingerprint density at radius 1 is 1.03 bits per heavy atom. The first-order valence-electron chi connectivity index (χ1n) is 11.2. The molecule has 4 rings (SSSR count). The number of ether oxygens (including phenoxy) is 2. The molecular weight excluding hydrogens is 555 g/mol. The molecule has 0 unspecified atom stereocenters. The fourth-order valence-electron chi connectivity index (χ4n) is 3.65. The summed E-state index contributed by atoms with van der Waals surface area (Å²) in [7, 11) is 0. The predicted molar refractivity (Wildman–Crippen MR) is 146 cm³/mol. The number of amides is 1. The molecule has 2 N–H and O–H groups in total. The zero-order chi connectivity index (χ0) is 24.6. The molecular formula is C28H25IN2O4. The van der Waals surface area contributed by atoms with E-state index in [1.807, 2.05) is 43.3 Å². The van der Waals surface area contributed by atoms with Gasteiger partial charge in [0.2, 0.25) is 0 Å². The van der Waals surface area contributed by atoms with Crippen molar-refractivity contribution in [3.63, 3.8) is 0 Å². The number of nitrogens with one attached hydrogen (secondary N) is 1. The van der Waals surface area contributed by atoms with Gasteiger partial charge in [-0.05, 0) is 69.1 Å². The van der Waals surface area contributed by atoms with E-state index in [0.29, 0.717) is 30.3 Å². The molecule has 0 saturated carbocycles. The Balaban J connectivity index is 1.48. The number of aliphatic hydroxyl groups is 1. The molecule has 1 atom stereocenters. The number of halogens is 1. The molecule has 0 heterocycles. The van der Waals surface area contributed by atoms with Crippen LogP contribution in [-0.4, -0.2) is 23.8 Å². The minimum absolute atomic E-state index is 0.401. The van der Waals surface area contributed by atoms with Crippen LogP contribution in [0, 0.1) is 3.57 Å². The van der Waals surface area contributed by atoms with Crippen LogP contribution >= 0.6 is 22.6 Å². The lowest BCUT2D eigenvalue weighted by Crippen LogP contribution is -2.25. The van der Waals surface area contributed by atoms with Crippen LogP contribution in [0.4, 0.5) is 0 Å². The molecule has 0 aliphatic carbocycles. The molecule has 0 fully saturated rings. The smallest absolute Gasteiger partial charge is 0.273 e. The molecule has 0 aromatic heterocycles. The standard InChI is InChI=1S/C28H25IN2O4/c1-2-34-25-16-19(17-30-31-28(33)26(32)21-10-4-3-5-11-21)15-24(29)27(25)35-18-22-13-8-12-20-9-6-7-14-23(20)22/h3-17,26,32H,2,18H2,1H3,(H,31,33)/b30-17-/t26-/m0/s1. The van der Waals surface area contributed by atoms with E-state index in [1.165, 1.54) is 11.6 Å². The van der Waals surface area contributed by atoms with Gasteiger partial charge in [-0.1, -0.05) is 72.8 Å². The SMILES string of the molecule is CCOc1cc(/C=N\NC(=O)[C@@H](O)c2ccccc2)cc(I)c1OCc1cccc2ccccc12. The number of hydrogen-bond acceptors (Lipinski definition) is 5. The van der Waals surface area contributed by atoms with Crippen LogP contribution in [0.25, 0.3) is 10.8 Å². The molecule has 6 nitrogen and oxygen atoms in total. The number of nitrogens with zero attached hydrogens (tertiary/aromatic N) is 1. The van der Waals surface area contributed by atoms with E-state index in [4.69, 9.17) is 9.47 Å². The largest absolute Gasteiger partial charge is 0.490 e. The molecule has 35 heavy (non-hydrogen) atoms. The van der Waals surface area contributed by atoms with Crippen molar-refractivity contribution in [2.75, 3.05) is 6.61 Å². The molecule has 0 saturated heterocycles. The first-order chi connectivity index (χ1) is 17.1.